The van der Waals surface area contributed by atoms with Crippen molar-refractivity contribution in [3.05, 3.63) is 124 Å². The highest BCUT2D eigenvalue weighted by molar-refractivity contribution is 8.77. The van der Waals surface area contributed by atoms with Crippen molar-refractivity contribution in [1.29, 1.82) is 0 Å². The summed E-state index contributed by atoms with van der Waals surface area (Å²) in [4.78, 5) is 88.4. The Labute approximate surface area is 468 Å². The Morgan fingerprint density at radius 2 is 1.34 bits per heavy atom. The predicted molar refractivity (Wildman–Crippen MR) is 311 cm³/mol. The Balaban J connectivity index is 0.899. The second-order valence-electron chi connectivity index (χ2n) is 21.1. The topological polar surface area (TPSA) is 206 Å². The lowest BCUT2D eigenvalue weighted by molar-refractivity contribution is -0.130. The zero-order valence-electron chi connectivity index (χ0n) is 45.7. The molecule has 5 amide bonds. The summed E-state index contributed by atoms with van der Waals surface area (Å²) >= 11 is 0. The molecule has 17 nitrogen and oxygen atoms in total. The van der Waals surface area contributed by atoms with Gasteiger partial charge in [-0.3, -0.25) is 33.9 Å². The van der Waals surface area contributed by atoms with Gasteiger partial charge in [0.15, 0.2) is 23.0 Å². The van der Waals surface area contributed by atoms with Crippen LogP contribution in [0, 0.1) is 0 Å². The van der Waals surface area contributed by atoms with Crippen LogP contribution in [0.25, 0.3) is 0 Å². The van der Waals surface area contributed by atoms with E-state index in [1.807, 2.05) is 53.4 Å². The molecule has 4 heterocycles. The van der Waals surface area contributed by atoms with Gasteiger partial charge in [0.2, 0.25) is 17.7 Å². The van der Waals surface area contributed by atoms with Crippen LogP contribution in [-0.2, 0) is 45.2 Å². The second-order valence-corrected chi connectivity index (χ2v) is 24.4. The molecule has 0 bridgehead atoms. The highest BCUT2D eigenvalue weighted by Crippen LogP contribution is 2.44. The van der Waals surface area contributed by atoms with E-state index in [1.54, 1.807) is 89.9 Å². The fourth-order valence-electron chi connectivity index (χ4n) is 10.1. The quantitative estimate of drug-likeness (QED) is 0.0477. The van der Waals surface area contributed by atoms with Gasteiger partial charge in [0, 0.05) is 71.2 Å². The number of hydrogen-bond acceptors (Lipinski definition) is 14. The highest BCUT2D eigenvalue weighted by atomic mass is 33.1. The van der Waals surface area contributed by atoms with Gasteiger partial charge in [0.05, 0.1) is 48.8 Å². The molecule has 5 aromatic rings. The fourth-order valence-corrected chi connectivity index (χ4v) is 12.7. The van der Waals surface area contributed by atoms with Gasteiger partial charge in [-0.15, -0.1) is 0 Å². The summed E-state index contributed by atoms with van der Waals surface area (Å²) in [6.45, 7) is 11.5. The lowest BCUT2D eigenvalue weighted by Gasteiger charge is -2.25. The number of nitrogens with one attached hydrogen (secondary N) is 4. The predicted octanol–water partition coefficient (Wildman–Crippen LogP) is 9.79. The number of ether oxygens (including phenoxy) is 4. The molecule has 0 radical (unpaired) electrons. The van der Waals surface area contributed by atoms with Crippen LogP contribution in [0.15, 0.2) is 96.0 Å². The van der Waals surface area contributed by atoms with Crippen molar-refractivity contribution >= 4 is 91.6 Å². The minimum Gasteiger partial charge on any atom is -0.493 e. The molecule has 79 heavy (non-hydrogen) atoms. The van der Waals surface area contributed by atoms with Crippen LogP contribution in [0.4, 0.5) is 28.4 Å². The molecule has 0 fully saturated rings. The normalized spacial score (nSPS) is 17.0. The SMILES string of the molecule is COc1cc2c(cc1OCc1cc(COc3cc4c(cc3OC)C(=O)N3c5ccccc5C[C@H]3CN4)cc(NC(=O)[C@H](C)NC(=O)[C@H](C)NC(=O)CCC(C)(C)SSC(C)CCC(C)=O)c1)N=C[C@@H]1Cc3ccccc3N1C2=O. The number of nitrogens with zero attached hydrogens (tertiary/aromatic N) is 3. The van der Waals surface area contributed by atoms with Gasteiger partial charge in [-0.2, -0.15) is 0 Å². The van der Waals surface area contributed by atoms with Crippen molar-refractivity contribution in [2.75, 3.05) is 41.2 Å². The number of rotatable bonds is 22. The van der Waals surface area contributed by atoms with Crippen LogP contribution in [-0.4, -0.2) is 96.5 Å². The van der Waals surface area contributed by atoms with Gasteiger partial charge >= 0.3 is 0 Å². The van der Waals surface area contributed by atoms with E-state index >= 15 is 0 Å². The molecule has 0 aliphatic carbocycles. The number of ketones is 1. The number of methoxy groups -OCH3 is 2. The lowest BCUT2D eigenvalue weighted by atomic mass is 10.1. The molecule has 5 aromatic carbocycles. The van der Waals surface area contributed by atoms with Crippen LogP contribution >= 0.6 is 21.6 Å². The molecule has 0 spiro atoms. The number of hydrogen-bond donors (Lipinski definition) is 4. The van der Waals surface area contributed by atoms with Crippen molar-refractivity contribution in [2.45, 2.75) is 127 Å². The summed E-state index contributed by atoms with van der Waals surface area (Å²) in [5, 5.41) is 12.2. The summed E-state index contributed by atoms with van der Waals surface area (Å²) in [6, 6.07) is 25.7. The Kier molecular flexibility index (Phi) is 17.3. The van der Waals surface area contributed by atoms with E-state index in [2.05, 4.69) is 48.1 Å². The van der Waals surface area contributed by atoms with E-state index in [4.69, 9.17) is 23.9 Å². The maximum atomic E-state index is 14.2. The largest absolute Gasteiger partial charge is 0.493 e. The molecule has 9 rings (SSSR count). The van der Waals surface area contributed by atoms with E-state index in [0.29, 0.717) is 88.1 Å². The molecule has 5 atom stereocenters. The van der Waals surface area contributed by atoms with Gasteiger partial charge < -0.3 is 49.9 Å². The van der Waals surface area contributed by atoms with Crippen molar-refractivity contribution in [2.24, 2.45) is 4.99 Å². The molecule has 414 valence electrons. The fraction of sp³-hybridized carbons (Fsp3) is 0.383. The molecular weight excluding hydrogens is 1040 g/mol. The summed E-state index contributed by atoms with van der Waals surface area (Å²) in [6.07, 6.45) is 5.28. The molecule has 4 aliphatic heterocycles. The van der Waals surface area contributed by atoms with Gasteiger partial charge in [0.1, 0.15) is 31.1 Å². The van der Waals surface area contributed by atoms with Crippen molar-refractivity contribution in [3.63, 3.8) is 0 Å². The first kappa shape index (κ1) is 56.2. The number of Topliss-reactive ketones (excluding diaryl/α,β-unsaturated/α-hetero) is 1. The maximum absolute atomic E-state index is 14.2. The average molecular weight is 1110 g/mol. The number of carbonyl (C=O) groups is 6. The van der Waals surface area contributed by atoms with Gasteiger partial charge in [-0.1, -0.05) is 64.9 Å². The first-order chi connectivity index (χ1) is 37.9. The summed E-state index contributed by atoms with van der Waals surface area (Å²) in [7, 11) is 6.41. The van der Waals surface area contributed by atoms with E-state index < -0.39 is 23.9 Å². The summed E-state index contributed by atoms with van der Waals surface area (Å²) < 4.78 is 24.3. The summed E-state index contributed by atoms with van der Waals surface area (Å²) in [5.41, 5.74) is 7.46. The van der Waals surface area contributed by atoms with Crippen LogP contribution in [0.2, 0.25) is 0 Å². The number of aliphatic imine (C=N–C) groups is 1. The van der Waals surface area contributed by atoms with Crippen molar-refractivity contribution in [3.8, 4) is 23.0 Å². The molecule has 4 N–H and O–H groups in total. The Morgan fingerprint density at radius 3 is 2.01 bits per heavy atom. The smallest absolute Gasteiger partial charge is 0.261 e. The average Bonchev–Trinajstić information content (AvgIpc) is 4.20. The minimum atomic E-state index is -1.01. The zero-order chi connectivity index (χ0) is 56.1. The first-order valence-corrected chi connectivity index (χ1v) is 28.8. The number of carbonyl (C=O) groups excluding carboxylic acids is 6. The van der Waals surface area contributed by atoms with E-state index in [0.717, 1.165) is 35.3 Å². The standard InChI is InChI=1S/C60H67N7O10S2/c1-34(68)17-18-35(2)78-79-60(5,6)20-19-55(69)63-36(3)56(70)64-37(4)57(71)65-42-22-38(32-76-53-28-47-45(26-51(53)74-7)58(72)66-43(30-61-47)24-40-13-9-11-15-49(40)66)21-39(23-42)33-77-54-29-48-46(27-52(54)75-8)59(73)67-44(31-62-48)25-41-14-10-12-16-50(41)67/h9-16,21-23,26-30,35-37,43-44,62H,17-20,24-25,31-33H2,1-8H3,(H,63,69)(H,64,70)(H,65,71)/t35?,36-,37-,43-,44-/m0/s1. The van der Waals surface area contributed by atoms with Crippen LogP contribution in [0.1, 0.15) is 110 Å². The maximum Gasteiger partial charge on any atom is 0.261 e. The zero-order valence-corrected chi connectivity index (χ0v) is 47.4. The van der Waals surface area contributed by atoms with Crippen LogP contribution in [0.3, 0.4) is 0 Å². The van der Waals surface area contributed by atoms with Crippen molar-refractivity contribution in [1.82, 2.24) is 10.6 Å². The van der Waals surface area contributed by atoms with Gasteiger partial charge in [-0.25, -0.2) is 0 Å². The number of amides is 5. The molecule has 4 aliphatic rings. The molecule has 0 saturated carbocycles. The van der Waals surface area contributed by atoms with Crippen molar-refractivity contribution < 1.29 is 47.7 Å². The second kappa shape index (κ2) is 24.2. The van der Waals surface area contributed by atoms with Crippen LogP contribution < -0.4 is 50.0 Å². The molecule has 0 saturated heterocycles. The third-order valence-corrected chi connectivity index (χ3v) is 18.4. The Hall–Kier alpha value is -7.51. The summed E-state index contributed by atoms with van der Waals surface area (Å²) in [5.74, 6) is -0.0886. The molecular formula is C60H67N7O10S2. The number of fused-ring (bicyclic) bond motifs is 8. The van der Waals surface area contributed by atoms with E-state index in [1.165, 1.54) is 14.2 Å². The molecule has 1 unspecified atom stereocenters. The van der Waals surface area contributed by atoms with E-state index in [9.17, 15) is 28.8 Å². The van der Waals surface area contributed by atoms with E-state index in [-0.39, 0.29) is 65.2 Å². The third-order valence-electron chi connectivity index (χ3n) is 14.4. The molecule has 0 aromatic heterocycles. The van der Waals surface area contributed by atoms with Gasteiger partial charge in [0.25, 0.3) is 11.8 Å². The van der Waals surface area contributed by atoms with Gasteiger partial charge in [-0.05, 0) is 119 Å². The highest BCUT2D eigenvalue weighted by Gasteiger charge is 2.39. The number of para-hydroxylation sites is 2. The monoisotopic (exact) mass is 1110 g/mol. The van der Waals surface area contributed by atoms with Crippen LogP contribution in [0.5, 0.6) is 23.0 Å². The Bertz CT molecular complexity index is 3220. The lowest BCUT2D eigenvalue weighted by Crippen LogP contribution is -2.50. The first-order valence-electron chi connectivity index (χ1n) is 26.6. The third kappa shape index (κ3) is 13.0. The minimum absolute atomic E-state index is 0.000171. The molecule has 19 heteroatoms. The Morgan fingerprint density at radius 1 is 0.734 bits per heavy atom. The number of anilines is 4. The number of benzene rings is 5.